The average molecular weight is 245 g/mol. The number of hydrogen-bond acceptors (Lipinski definition) is 2. The molecule has 1 aromatic heterocycles. The monoisotopic (exact) mass is 244 g/mol. The maximum atomic E-state index is 6.12. The van der Waals surface area contributed by atoms with E-state index >= 15 is 0 Å². The van der Waals surface area contributed by atoms with E-state index in [1.54, 1.807) is 0 Å². The minimum atomic E-state index is 0.0785. The van der Waals surface area contributed by atoms with E-state index in [2.05, 4.69) is 18.9 Å². The van der Waals surface area contributed by atoms with Crippen molar-refractivity contribution in [2.24, 2.45) is 0 Å². The van der Waals surface area contributed by atoms with Crippen molar-refractivity contribution in [3.63, 3.8) is 0 Å². The molecule has 1 unspecified atom stereocenters. The van der Waals surface area contributed by atoms with Crippen LogP contribution in [0.4, 0.5) is 0 Å². The van der Waals surface area contributed by atoms with Crippen LogP contribution < -0.4 is 0 Å². The van der Waals surface area contributed by atoms with Crippen LogP contribution >= 0.6 is 11.6 Å². The van der Waals surface area contributed by atoms with Gasteiger partial charge in [0.2, 0.25) is 0 Å². The van der Waals surface area contributed by atoms with Crippen LogP contribution in [0.25, 0.3) is 0 Å². The van der Waals surface area contributed by atoms with Gasteiger partial charge in [-0.25, -0.2) is 0 Å². The van der Waals surface area contributed by atoms with Crippen LogP contribution in [0.2, 0.25) is 0 Å². The Morgan fingerprint density at radius 2 is 2.25 bits per heavy atom. The average Bonchev–Trinajstić information content (AvgIpc) is 2.76. The highest BCUT2D eigenvalue weighted by Gasteiger charge is 2.07. The third kappa shape index (κ3) is 4.54. The summed E-state index contributed by atoms with van der Waals surface area (Å²) < 4.78 is 7.38. The highest BCUT2D eigenvalue weighted by Crippen LogP contribution is 2.22. The first kappa shape index (κ1) is 13.5. The Morgan fingerprint density at radius 1 is 1.44 bits per heavy atom. The molecule has 92 valence electrons. The molecule has 0 aliphatic rings. The summed E-state index contributed by atoms with van der Waals surface area (Å²) in [4.78, 5) is 0. The molecule has 1 rings (SSSR count). The molecule has 4 heteroatoms. The zero-order chi connectivity index (χ0) is 11.8. The van der Waals surface area contributed by atoms with Gasteiger partial charge in [0.15, 0.2) is 0 Å². The number of nitrogens with zero attached hydrogens (tertiary/aromatic N) is 2. The fourth-order valence-corrected chi connectivity index (χ4v) is 1.52. The smallest absolute Gasteiger partial charge is 0.0662 e. The molecule has 0 saturated carbocycles. The van der Waals surface area contributed by atoms with Crippen LogP contribution in [0, 0.1) is 0 Å². The van der Waals surface area contributed by atoms with Crippen molar-refractivity contribution >= 4 is 11.6 Å². The van der Waals surface area contributed by atoms with Crippen molar-refractivity contribution in [3.05, 3.63) is 18.0 Å². The Balaban J connectivity index is 2.24. The van der Waals surface area contributed by atoms with Gasteiger partial charge in [0.1, 0.15) is 0 Å². The lowest BCUT2D eigenvalue weighted by atomic mass is 10.2. The molecular weight excluding hydrogens is 224 g/mol. The lowest BCUT2D eigenvalue weighted by Crippen LogP contribution is -2.07. The van der Waals surface area contributed by atoms with Gasteiger partial charge >= 0.3 is 0 Å². The van der Waals surface area contributed by atoms with Crippen LogP contribution in [0.1, 0.15) is 44.1 Å². The lowest BCUT2D eigenvalue weighted by Gasteiger charge is -2.04. The van der Waals surface area contributed by atoms with E-state index in [0.717, 1.165) is 38.2 Å². The summed E-state index contributed by atoms with van der Waals surface area (Å²) in [5.41, 5.74) is 1.10. The number of rotatable bonds is 8. The fraction of sp³-hybridized carbons (Fsp3) is 0.750. The van der Waals surface area contributed by atoms with E-state index in [0.29, 0.717) is 0 Å². The standard InChI is InChI=1S/C12H21ClN2O/c1-3-5-7-16-8-6-15-10-11(9-14-15)12(13)4-2/h9-10,12H,3-8H2,1-2H3. The number of unbranched alkanes of at least 4 members (excludes halogenated alkanes) is 1. The van der Waals surface area contributed by atoms with Crippen molar-refractivity contribution in [2.75, 3.05) is 13.2 Å². The molecule has 0 saturated heterocycles. The van der Waals surface area contributed by atoms with Crippen molar-refractivity contribution < 1.29 is 4.74 Å². The molecule has 0 spiro atoms. The molecule has 1 aromatic rings. The molecule has 1 atom stereocenters. The van der Waals surface area contributed by atoms with E-state index in [-0.39, 0.29) is 5.38 Å². The Kier molecular flexibility index (Phi) is 6.50. The molecule has 0 aromatic carbocycles. The van der Waals surface area contributed by atoms with Gasteiger partial charge in [-0.2, -0.15) is 5.10 Å². The SMILES string of the molecule is CCCCOCCn1cc(C(Cl)CC)cn1. The lowest BCUT2D eigenvalue weighted by molar-refractivity contribution is 0.121. The summed E-state index contributed by atoms with van der Waals surface area (Å²) in [6.07, 6.45) is 7.08. The van der Waals surface area contributed by atoms with Gasteiger partial charge in [-0.05, 0) is 12.8 Å². The predicted octanol–water partition coefficient (Wildman–Crippen LogP) is 3.39. The third-order valence-electron chi connectivity index (χ3n) is 2.48. The van der Waals surface area contributed by atoms with Gasteiger partial charge in [-0.15, -0.1) is 11.6 Å². The van der Waals surface area contributed by atoms with Gasteiger partial charge in [0.25, 0.3) is 0 Å². The van der Waals surface area contributed by atoms with Gasteiger partial charge in [0.05, 0.1) is 24.7 Å². The first-order valence-corrected chi connectivity index (χ1v) is 6.45. The first-order chi connectivity index (χ1) is 7.77. The van der Waals surface area contributed by atoms with Crippen molar-refractivity contribution in [3.8, 4) is 0 Å². The fourth-order valence-electron chi connectivity index (χ4n) is 1.41. The summed E-state index contributed by atoms with van der Waals surface area (Å²) >= 11 is 6.12. The Hall–Kier alpha value is -0.540. The number of alkyl halides is 1. The van der Waals surface area contributed by atoms with Gasteiger partial charge in [-0.1, -0.05) is 20.3 Å². The third-order valence-corrected chi connectivity index (χ3v) is 3.04. The predicted molar refractivity (Wildman–Crippen MR) is 66.8 cm³/mol. The molecular formula is C12H21ClN2O. The van der Waals surface area contributed by atoms with E-state index in [9.17, 15) is 0 Å². The van der Waals surface area contributed by atoms with Crippen LogP contribution in [0.3, 0.4) is 0 Å². The van der Waals surface area contributed by atoms with E-state index < -0.39 is 0 Å². The van der Waals surface area contributed by atoms with Crippen LogP contribution in [-0.4, -0.2) is 23.0 Å². The number of aromatic nitrogens is 2. The molecule has 0 aliphatic heterocycles. The second-order valence-corrected chi connectivity index (χ2v) is 4.41. The molecule has 0 aliphatic carbocycles. The van der Waals surface area contributed by atoms with E-state index in [1.165, 1.54) is 6.42 Å². The largest absolute Gasteiger partial charge is 0.380 e. The first-order valence-electron chi connectivity index (χ1n) is 6.02. The van der Waals surface area contributed by atoms with E-state index in [1.807, 2.05) is 17.1 Å². The second-order valence-electron chi connectivity index (χ2n) is 3.88. The molecule has 1 heterocycles. The second kappa shape index (κ2) is 7.69. The minimum Gasteiger partial charge on any atom is -0.380 e. The summed E-state index contributed by atoms with van der Waals surface area (Å²) in [6, 6.07) is 0. The maximum Gasteiger partial charge on any atom is 0.0662 e. The van der Waals surface area contributed by atoms with Crippen LogP contribution in [0.15, 0.2) is 12.4 Å². The van der Waals surface area contributed by atoms with Gasteiger partial charge in [0, 0.05) is 18.4 Å². The molecule has 16 heavy (non-hydrogen) atoms. The zero-order valence-corrected chi connectivity index (χ0v) is 10.9. The zero-order valence-electron chi connectivity index (χ0n) is 10.2. The van der Waals surface area contributed by atoms with E-state index in [4.69, 9.17) is 16.3 Å². The maximum absolute atomic E-state index is 6.12. The van der Waals surface area contributed by atoms with Crippen molar-refractivity contribution in [1.82, 2.24) is 9.78 Å². The van der Waals surface area contributed by atoms with Gasteiger partial charge in [-0.3, -0.25) is 4.68 Å². The van der Waals surface area contributed by atoms with Crippen LogP contribution in [0.5, 0.6) is 0 Å². The normalized spacial score (nSPS) is 12.9. The Labute approximate surface area is 103 Å². The van der Waals surface area contributed by atoms with Gasteiger partial charge < -0.3 is 4.74 Å². The molecule has 0 bridgehead atoms. The molecule has 0 N–H and O–H groups in total. The Morgan fingerprint density at radius 3 is 2.94 bits per heavy atom. The molecule has 0 radical (unpaired) electrons. The summed E-state index contributed by atoms with van der Waals surface area (Å²) in [5, 5.41) is 4.33. The number of hydrogen-bond donors (Lipinski definition) is 0. The van der Waals surface area contributed by atoms with Crippen molar-refractivity contribution in [2.45, 2.75) is 45.0 Å². The quantitative estimate of drug-likeness (QED) is 0.518. The summed E-state index contributed by atoms with van der Waals surface area (Å²) in [7, 11) is 0. The Bertz CT molecular complexity index is 288. The van der Waals surface area contributed by atoms with Crippen molar-refractivity contribution in [1.29, 1.82) is 0 Å². The molecule has 0 fully saturated rings. The number of ether oxygens (including phenoxy) is 1. The number of halogens is 1. The van der Waals surface area contributed by atoms with Crippen LogP contribution in [-0.2, 0) is 11.3 Å². The molecule has 0 amide bonds. The topological polar surface area (TPSA) is 27.1 Å². The summed E-state index contributed by atoms with van der Waals surface area (Å²) in [5.74, 6) is 0. The molecule has 3 nitrogen and oxygen atoms in total. The minimum absolute atomic E-state index is 0.0785. The highest BCUT2D eigenvalue weighted by atomic mass is 35.5. The summed E-state index contributed by atoms with van der Waals surface area (Å²) in [6.45, 7) is 6.60. The highest BCUT2D eigenvalue weighted by molar-refractivity contribution is 6.20.